The number of carbonyl (C=O) groups excluding carboxylic acids is 1. The summed E-state index contributed by atoms with van der Waals surface area (Å²) in [5.41, 5.74) is 5.56. The van der Waals surface area contributed by atoms with Crippen molar-refractivity contribution in [3.8, 4) is 0 Å². The summed E-state index contributed by atoms with van der Waals surface area (Å²) in [5, 5.41) is 4.40. The molecule has 0 atom stereocenters. The van der Waals surface area contributed by atoms with Crippen LogP contribution in [-0.2, 0) is 13.6 Å². The lowest BCUT2D eigenvalue weighted by Gasteiger charge is -2.34. The lowest BCUT2D eigenvalue weighted by atomic mass is 10.1. The number of hydrogen-bond acceptors (Lipinski definition) is 3. The highest BCUT2D eigenvalue weighted by Gasteiger charge is 2.23. The molecule has 1 aliphatic heterocycles. The Labute approximate surface area is 143 Å². The van der Waals surface area contributed by atoms with E-state index >= 15 is 0 Å². The van der Waals surface area contributed by atoms with E-state index in [4.69, 9.17) is 0 Å². The lowest BCUT2D eigenvalue weighted by molar-refractivity contribution is 0.0628. The van der Waals surface area contributed by atoms with E-state index in [0.29, 0.717) is 0 Å². The molecule has 1 aliphatic rings. The van der Waals surface area contributed by atoms with Crippen LogP contribution in [0.15, 0.2) is 24.4 Å². The van der Waals surface area contributed by atoms with Crippen molar-refractivity contribution in [1.82, 2.24) is 19.6 Å². The van der Waals surface area contributed by atoms with Gasteiger partial charge in [-0.15, -0.1) is 0 Å². The fraction of sp³-hybridized carbons (Fsp3) is 0.474. The fourth-order valence-corrected chi connectivity index (χ4v) is 3.21. The quantitative estimate of drug-likeness (QED) is 0.869. The molecule has 1 amide bonds. The maximum Gasteiger partial charge on any atom is 0.253 e. The van der Waals surface area contributed by atoms with Crippen LogP contribution in [0.4, 0.5) is 0 Å². The normalized spacial score (nSPS) is 15.8. The highest BCUT2D eigenvalue weighted by atomic mass is 16.2. The molecule has 0 unspecified atom stereocenters. The Morgan fingerprint density at radius 1 is 1.08 bits per heavy atom. The first-order valence-electron chi connectivity index (χ1n) is 8.52. The average Bonchev–Trinajstić information content (AvgIpc) is 2.87. The smallest absolute Gasteiger partial charge is 0.253 e. The van der Waals surface area contributed by atoms with Gasteiger partial charge in [0.2, 0.25) is 0 Å². The summed E-state index contributed by atoms with van der Waals surface area (Å²) in [5.74, 6) is 0.148. The highest BCUT2D eigenvalue weighted by molar-refractivity contribution is 5.94. The predicted molar refractivity (Wildman–Crippen MR) is 95.0 cm³/mol. The van der Waals surface area contributed by atoms with Crippen LogP contribution in [-0.4, -0.2) is 51.7 Å². The summed E-state index contributed by atoms with van der Waals surface area (Å²) in [7, 11) is 1.96. The van der Waals surface area contributed by atoms with Gasteiger partial charge in [0.15, 0.2) is 0 Å². The zero-order chi connectivity index (χ0) is 17.3. The molecule has 2 aromatic rings. The van der Waals surface area contributed by atoms with Crippen molar-refractivity contribution < 1.29 is 4.79 Å². The first-order chi connectivity index (χ1) is 11.4. The minimum absolute atomic E-state index is 0.148. The molecular formula is C19H26N4O. The van der Waals surface area contributed by atoms with Gasteiger partial charge >= 0.3 is 0 Å². The van der Waals surface area contributed by atoms with E-state index in [1.165, 1.54) is 16.7 Å². The van der Waals surface area contributed by atoms with Gasteiger partial charge in [-0.1, -0.05) is 6.07 Å². The van der Waals surface area contributed by atoms with Gasteiger partial charge in [0, 0.05) is 57.1 Å². The third-order valence-corrected chi connectivity index (χ3v) is 4.92. The maximum atomic E-state index is 12.7. The molecule has 3 rings (SSSR count). The van der Waals surface area contributed by atoms with Crippen LogP contribution in [0.5, 0.6) is 0 Å². The van der Waals surface area contributed by atoms with Gasteiger partial charge in [-0.25, -0.2) is 0 Å². The second kappa shape index (κ2) is 6.77. The number of aryl methyl sites for hydroxylation is 4. The molecule has 1 aromatic carbocycles. The molecule has 128 valence electrons. The molecule has 24 heavy (non-hydrogen) atoms. The van der Waals surface area contributed by atoms with E-state index in [2.05, 4.69) is 37.0 Å². The molecule has 1 fully saturated rings. The number of hydrogen-bond donors (Lipinski definition) is 0. The predicted octanol–water partition coefficient (Wildman–Crippen LogP) is 2.30. The van der Waals surface area contributed by atoms with Crippen LogP contribution in [0.2, 0.25) is 0 Å². The van der Waals surface area contributed by atoms with E-state index in [1.54, 1.807) is 0 Å². The van der Waals surface area contributed by atoms with Crippen molar-refractivity contribution in [3.05, 3.63) is 52.3 Å². The van der Waals surface area contributed by atoms with Gasteiger partial charge in [0.1, 0.15) is 0 Å². The Morgan fingerprint density at radius 3 is 2.38 bits per heavy atom. The SMILES string of the molecule is Cc1ccc(C(=O)N2CCN(Cc3cn(C)nc3C)CC2)cc1C. The second-order valence-electron chi connectivity index (χ2n) is 6.78. The van der Waals surface area contributed by atoms with Gasteiger partial charge in [-0.3, -0.25) is 14.4 Å². The molecule has 0 radical (unpaired) electrons. The summed E-state index contributed by atoms with van der Waals surface area (Å²) in [6.45, 7) is 10.5. The number of rotatable bonds is 3. The molecule has 0 bridgehead atoms. The molecule has 1 aromatic heterocycles. The first kappa shape index (κ1) is 16.7. The second-order valence-corrected chi connectivity index (χ2v) is 6.78. The number of piperazine rings is 1. The molecule has 0 spiro atoms. The van der Waals surface area contributed by atoms with Gasteiger partial charge in [0.25, 0.3) is 5.91 Å². The van der Waals surface area contributed by atoms with Crippen LogP contribution in [0.1, 0.15) is 32.7 Å². The standard InChI is InChI=1S/C19H26N4O/c1-14-5-6-17(11-15(14)2)19(24)23-9-7-22(8-10-23)13-18-12-21(4)20-16(18)3/h5-6,11-12H,7-10,13H2,1-4H3. The topological polar surface area (TPSA) is 41.4 Å². The number of benzene rings is 1. The Bertz CT molecular complexity index is 742. The zero-order valence-corrected chi connectivity index (χ0v) is 15.0. The van der Waals surface area contributed by atoms with Crippen molar-refractivity contribution in [1.29, 1.82) is 0 Å². The fourth-order valence-electron chi connectivity index (χ4n) is 3.21. The largest absolute Gasteiger partial charge is 0.336 e. The summed E-state index contributed by atoms with van der Waals surface area (Å²) in [6, 6.07) is 5.98. The summed E-state index contributed by atoms with van der Waals surface area (Å²) in [6.07, 6.45) is 2.09. The van der Waals surface area contributed by atoms with E-state index in [1.807, 2.05) is 34.8 Å². The Balaban J connectivity index is 1.59. The Kier molecular flexibility index (Phi) is 4.71. The van der Waals surface area contributed by atoms with E-state index in [9.17, 15) is 4.79 Å². The summed E-state index contributed by atoms with van der Waals surface area (Å²) >= 11 is 0. The molecule has 5 heteroatoms. The first-order valence-corrected chi connectivity index (χ1v) is 8.52. The minimum atomic E-state index is 0.148. The van der Waals surface area contributed by atoms with Crippen molar-refractivity contribution in [2.45, 2.75) is 27.3 Å². The monoisotopic (exact) mass is 326 g/mol. The molecule has 0 N–H and O–H groups in total. The molecule has 1 saturated heterocycles. The van der Waals surface area contributed by atoms with Gasteiger partial charge in [-0.05, 0) is 44.0 Å². The summed E-state index contributed by atoms with van der Waals surface area (Å²) < 4.78 is 1.87. The van der Waals surface area contributed by atoms with Gasteiger partial charge in [0.05, 0.1) is 5.69 Å². The average molecular weight is 326 g/mol. The number of amides is 1. The molecule has 5 nitrogen and oxygen atoms in total. The van der Waals surface area contributed by atoms with Crippen molar-refractivity contribution in [3.63, 3.8) is 0 Å². The molecule has 0 aliphatic carbocycles. The lowest BCUT2D eigenvalue weighted by Crippen LogP contribution is -2.48. The number of nitrogens with zero attached hydrogens (tertiary/aromatic N) is 4. The van der Waals surface area contributed by atoms with Crippen LogP contribution in [0.3, 0.4) is 0 Å². The maximum absolute atomic E-state index is 12.7. The van der Waals surface area contributed by atoms with Gasteiger partial charge < -0.3 is 4.90 Å². The Hall–Kier alpha value is -2.14. The third-order valence-electron chi connectivity index (χ3n) is 4.92. The van der Waals surface area contributed by atoms with Gasteiger partial charge in [-0.2, -0.15) is 5.10 Å². The van der Waals surface area contributed by atoms with Crippen molar-refractivity contribution >= 4 is 5.91 Å². The minimum Gasteiger partial charge on any atom is -0.336 e. The highest BCUT2D eigenvalue weighted by Crippen LogP contribution is 2.15. The zero-order valence-electron chi connectivity index (χ0n) is 15.0. The number of carbonyl (C=O) groups is 1. The van der Waals surface area contributed by atoms with Crippen LogP contribution in [0.25, 0.3) is 0 Å². The van der Waals surface area contributed by atoms with Crippen molar-refractivity contribution in [2.75, 3.05) is 26.2 Å². The Morgan fingerprint density at radius 2 is 1.79 bits per heavy atom. The van der Waals surface area contributed by atoms with Crippen LogP contribution in [0, 0.1) is 20.8 Å². The van der Waals surface area contributed by atoms with E-state index in [-0.39, 0.29) is 5.91 Å². The molecule has 0 saturated carbocycles. The third kappa shape index (κ3) is 3.51. The van der Waals surface area contributed by atoms with E-state index < -0.39 is 0 Å². The molecular weight excluding hydrogens is 300 g/mol. The molecule has 2 heterocycles. The summed E-state index contributed by atoms with van der Waals surface area (Å²) in [4.78, 5) is 17.0. The van der Waals surface area contributed by atoms with Crippen molar-refractivity contribution in [2.24, 2.45) is 7.05 Å². The number of aromatic nitrogens is 2. The van der Waals surface area contributed by atoms with E-state index in [0.717, 1.165) is 44.0 Å². The van der Waals surface area contributed by atoms with Crippen LogP contribution >= 0.6 is 0 Å². The van der Waals surface area contributed by atoms with Crippen LogP contribution < -0.4 is 0 Å².